The zero-order chi connectivity index (χ0) is 12.1. The minimum absolute atomic E-state index is 0.328. The Bertz CT molecular complexity index is 197. The minimum atomic E-state index is -1.38. The lowest BCUT2D eigenvalue weighted by molar-refractivity contribution is -0.150. The van der Waals surface area contributed by atoms with E-state index in [1.807, 2.05) is 7.11 Å². The maximum Gasteiger partial charge on any atom is 0.186 e. The SMILES string of the molecule is CCC1(COCCC[Si](C)(C)OC)COC1. The quantitative estimate of drug-likeness (QED) is 0.487. The monoisotopic (exact) mass is 246 g/mol. The highest BCUT2D eigenvalue weighted by Gasteiger charge is 2.36. The fraction of sp³-hybridized carbons (Fsp3) is 1.00. The maximum absolute atomic E-state index is 5.76. The summed E-state index contributed by atoms with van der Waals surface area (Å²) >= 11 is 0. The molecular weight excluding hydrogens is 220 g/mol. The molecule has 0 aliphatic carbocycles. The summed E-state index contributed by atoms with van der Waals surface area (Å²) in [4.78, 5) is 0. The predicted molar refractivity (Wildman–Crippen MR) is 68.3 cm³/mol. The van der Waals surface area contributed by atoms with Crippen molar-refractivity contribution in [1.82, 2.24) is 0 Å². The van der Waals surface area contributed by atoms with Gasteiger partial charge in [-0.25, -0.2) is 0 Å². The first-order chi connectivity index (χ1) is 7.54. The highest BCUT2D eigenvalue weighted by atomic mass is 28.4. The van der Waals surface area contributed by atoms with Gasteiger partial charge >= 0.3 is 0 Å². The van der Waals surface area contributed by atoms with Crippen LogP contribution < -0.4 is 0 Å². The maximum atomic E-state index is 5.76. The predicted octanol–water partition coefficient (Wildman–Crippen LogP) is 2.67. The molecule has 0 amide bonds. The molecule has 0 radical (unpaired) electrons. The number of hydrogen-bond donors (Lipinski definition) is 0. The van der Waals surface area contributed by atoms with Crippen LogP contribution in [0.5, 0.6) is 0 Å². The van der Waals surface area contributed by atoms with Crippen LogP contribution in [0.4, 0.5) is 0 Å². The first kappa shape index (κ1) is 14.2. The second-order valence-electron chi connectivity index (χ2n) is 5.47. The van der Waals surface area contributed by atoms with Gasteiger partial charge in [0.15, 0.2) is 8.32 Å². The molecule has 0 aromatic rings. The van der Waals surface area contributed by atoms with Gasteiger partial charge in [-0.3, -0.25) is 0 Å². The second-order valence-corrected chi connectivity index (χ2v) is 9.89. The summed E-state index contributed by atoms with van der Waals surface area (Å²) in [5, 5.41) is 0. The number of rotatable bonds is 8. The summed E-state index contributed by atoms with van der Waals surface area (Å²) in [5.41, 5.74) is 0.328. The van der Waals surface area contributed by atoms with Crippen LogP contribution >= 0.6 is 0 Å². The van der Waals surface area contributed by atoms with Crippen LogP contribution in [0.3, 0.4) is 0 Å². The zero-order valence-electron chi connectivity index (χ0n) is 11.2. The summed E-state index contributed by atoms with van der Waals surface area (Å²) < 4.78 is 16.5. The van der Waals surface area contributed by atoms with E-state index in [0.29, 0.717) is 5.41 Å². The van der Waals surface area contributed by atoms with E-state index >= 15 is 0 Å². The van der Waals surface area contributed by atoms with Crippen LogP contribution in [0.25, 0.3) is 0 Å². The van der Waals surface area contributed by atoms with E-state index in [0.717, 1.165) is 39.3 Å². The molecule has 1 aliphatic rings. The van der Waals surface area contributed by atoms with E-state index < -0.39 is 8.32 Å². The topological polar surface area (TPSA) is 27.7 Å². The summed E-state index contributed by atoms with van der Waals surface area (Å²) in [6, 6.07) is 1.18. The van der Waals surface area contributed by atoms with Crippen molar-refractivity contribution in [3.05, 3.63) is 0 Å². The molecule has 1 fully saturated rings. The van der Waals surface area contributed by atoms with Crippen LogP contribution in [0.15, 0.2) is 0 Å². The van der Waals surface area contributed by atoms with Crippen LogP contribution in [-0.2, 0) is 13.9 Å². The average molecular weight is 246 g/mol. The Morgan fingerprint density at radius 1 is 1.31 bits per heavy atom. The van der Waals surface area contributed by atoms with E-state index in [4.69, 9.17) is 13.9 Å². The normalized spacial score (nSPS) is 19.5. The largest absolute Gasteiger partial charge is 0.420 e. The van der Waals surface area contributed by atoms with Crippen LogP contribution in [0.1, 0.15) is 19.8 Å². The van der Waals surface area contributed by atoms with Gasteiger partial charge in [0.1, 0.15) is 0 Å². The molecule has 0 atom stereocenters. The molecule has 1 aliphatic heterocycles. The van der Waals surface area contributed by atoms with Crippen LogP contribution in [0.2, 0.25) is 19.1 Å². The summed E-state index contributed by atoms with van der Waals surface area (Å²) in [6.07, 6.45) is 2.28. The van der Waals surface area contributed by atoms with Crippen molar-refractivity contribution >= 4 is 8.32 Å². The van der Waals surface area contributed by atoms with Gasteiger partial charge in [-0.15, -0.1) is 0 Å². The van der Waals surface area contributed by atoms with E-state index in [2.05, 4.69) is 20.0 Å². The summed E-state index contributed by atoms with van der Waals surface area (Å²) in [5.74, 6) is 0. The van der Waals surface area contributed by atoms with Crippen molar-refractivity contribution in [3.8, 4) is 0 Å². The van der Waals surface area contributed by atoms with Gasteiger partial charge in [0.2, 0.25) is 0 Å². The van der Waals surface area contributed by atoms with Gasteiger partial charge in [-0.1, -0.05) is 6.92 Å². The molecule has 96 valence electrons. The van der Waals surface area contributed by atoms with Crippen molar-refractivity contribution in [2.24, 2.45) is 5.41 Å². The van der Waals surface area contributed by atoms with Crippen molar-refractivity contribution < 1.29 is 13.9 Å². The van der Waals surface area contributed by atoms with Gasteiger partial charge in [-0.2, -0.15) is 0 Å². The molecule has 1 heterocycles. The van der Waals surface area contributed by atoms with Crippen LogP contribution in [-0.4, -0.2) is 41.9 Å². The lowest BCUT2D eigenvalue weighted by Crippen LogP contribution is -2.45. The Hall–Kier alpha value is 0.0969. The van der Waals surface area contributed by atoms with Crippen molar-refractivity contribution in [3.63, 3.8) is 0 Å². The minimum Gasteiger partial charge on any atom is -0.420 e. The molecule has 16 heavy (non-hydrogen) atoms. The molecular formula is C12H26O3Si. The second kappa shape index (κ2) is 6.14. The standard InChI is InChI=1S/C12H26O3Si/c1-5-12(10-15-11-12)9-14-7-6-8-16(3,4)13-2/h5-11H2,1-4H3. The Kier molecular flexibility index (Phi) is 5.44. The van der Waals surface area contributed by atoms with Gasteiger partial charge in [-0.05, 0) is 32.0 Å². The average Bonchev–Trinajstić information content (AvgIpc) is 2.21. The van der Waals surface area contributed by atoms with E-state index in [-0.39, 0.29) is 0 Å². The lowest BCUT2D eigenvalue weighted by atomic mass is 9.84. The van der Waals surface area contributed by atoms with Crippen molar-refractivity contribution in [1.29, 1.82) is 0 Å². The molecule has 0 saturated carbocycles. The zero-order valence-corrected chi connectivity index (χ0v) is 12.2. The molecule has 0 unspecified atom stereocenters. The third-order valence-electron chi connectivity index (χ3n) is 3.59. The molecule has 0 aromatic carbocycles. The van der Waals surface area contributed by atoms with Gasteiger partial charge in [0, 0.05) is 19.1 Å². The lowest BCUT2D eigenvalue weighted by Gasteiger charge is -2.40. The van der Waals surface area contributed by atoms with Crippen molar-refractivity contribution in [2.75, 3.05) is 33.5 Å². The molecule has 4 heteroatoms. The van der Waals surface area contributed by atoms with Gasteiger partial charge < -0.3 is 13.9 Å². The summed E-state index contributed by atoms with van der Waals surface area (Å²) in [7, 11) is 0.444. The molecule has 0 N–H and O–H groups in total. The Morgan fingerprint density at radius 3 is 2.44 bits per heavy atom. The highest BCUT2D eigenvalue weighted by molar-refractivity contribution is 6.71. The summed E-state index contributed by atoms with van der Waals surface area (Å²) in [6.45, 7) is 10.2. The molecule has 0 spiro atoms. The fourth-order valence-corrected chi connectivity index (χ4v) is 2.97. The van der Waals surface area contributed by atoms with Crippen molar-refractivity contribution in [2.45, 2.75) is 38.9 Å². The third-order valence-corrected chi connectivity index (χ3v) is 6.26. The van der Waals surface area contributed by atoms with E-state index in [1.54, 1.807) is 0 Å². The highest BCUT2D eigenvalue weighted by Crippen LogP contribution is 2.31. The Labute approximate surface area is 101 Å². The Morgan fingerprint density at radius 2 is 2.00 bits per heavy atom. The van der Waals surface area contributed by atoms with E-state index in [9.17, 15) is 0 Å². The molecule has 0 bridgehead atoms. The van der Waals surface area contributed by atoms with Crippen LogP contribution in [0, 0.1) is 5.41 Å². The fourth-order valence-electron chi connectivity index (χ4n) is 1.77. The number of hydrogen-bond acceptors (Lipinski definition) is 3. The van der Waals surface area contributed by atoms with Gasteiger partial charge in [0.25, 0.3) is 0 Å². The number of ether oxygens (including phenoxy) is 2. The molecule has 3 nitrogen and oxygen atoms in total. The molecule has 1 rings (SSSR count). The molecule has 1 saturated heterocycles. The Balaban J connectivity index is 2.04. The first-order valence-corrected chi connectivity index (χ1v) is 9.36. The molecule has 0 aromatic heterocycles. The third kappa shape index (κ3) is 4.16. The van der Waals surface area contributed by atoms with Gasteiger partial charge in [0.05, 0.1) is 19.8 Å². The smallest absolute Gasteiger partial charge is 0.186 e. The van der Waals surface area contributed by atoms with E-state index in [1.165, 1.54) is 6.04 Å². The first-order valence-electron chi connectivity index (χ1n) is 6.24.